The summed E-state index contributed by atoms with van der Waals surface area (Å²) in [6.45, 7) is 0.958. The molecule has 1 fully saturated rings. The number of benzene rings is 2. The molecule has 142 valence electrons. The summed E-state index contributed by atoms with van der Waals surface area (Å²) >= 11 is 0. The minimum absolute atomic E-state index is 0.101. The van der Waals surface area contributed by atoms with Gasteiger partial charge >= 0.3 is 6.03 Å². The molecule has 3 amide bonds. The molecule has 0 aliphatic carbocycles. The zero-order valence-electron chi connectivity index (χ0n) is 14.9. The fourth-order valence-electron chi connectivity index (χ4n) is 3.10. The molecular formula is C20H22FN3O3. The van der Waals surface area contributed by atoms with Gasteiger partial charge in [0.2, 0.25) is 5.91 Å². The van der Waals surface area contributed by atoms with Crippen LogP contribution in [0.3, 0.4) is 0 Å². The maximum atomic E-state index is 14.0. The summed E-state index contributed by atoms with van der Waals surface area (Å²) in [5.74, 6) is -0.721. The summed E-state index contributed by atoms with van der Waals surface area (Å²) in [4.78, 5) is 29.5. The van der Waals surface area contributed by atoms with Gasteiger partial charge in [-0.05, 0) is 17.7 Å². The van der Waals surface area contributed by atoms with E-state index >= 15 is 0 Å². The molecular weight excluding hydrogens is 349 g/mol. The lowest BCUT2D eigenvalue weighted by Crippen LogP contribution is -2.43. The van der Waals surface area contributed by atoms with Crippen LogP contribution in [0.5, 0.6) is 0 Å². The van der Waals surface area contributed by atoms with Crippen LogP contribution in [-0.4, -0.2) is 59.6 Å². The molecule has 1 aliphatic heterocycles. The summed E-state index contributed by atoms with van der Waals surface area (Å²) in [6.07, 6.45) is 0. The predicted molar refractivity (Wildman–Crippen MR) is 99.7 cm³/mol. The second kappa shape index (κ2) is 8.64. The minimum Gasteiger partial charge on any atom is -0.395 e. The van der Waals surface area contributed by atoms with Crippen LogP contribution < -0.4 is 4.90 Å². The zero-order chi connectivity index (χ0) is 19.2. The highest BCUT2D eigenvalue weighted by Crippen LogP contribution is 2.23. The molecule has 2 aromatic rings. The monoisotopic (exact) mass is 371 g/mol. The maximum Gasteiger partial charge on any atom is 0.325 e. The van der Waals surface area contributed by atoms with Crippen molar-refractivity contribution in [2.45, 2.75) is 6.54 Å². The van der Waals surface area contributed by atoms with Gasteiger partial charge in [0.15, 0.2) is 0 Å². The molecule has 0 aromatic heterocycles. The molecule has 1 saturated heterocycles. The first kappa shape index (κ1) is 18.8. The van der Waals surface area contributed by atoms with Gasteiger partial charge in [-0.25, -0.2) is 9.18 Å². The molecule has 1 heterocycles. The Hall–Kier alpha value is -2.93. The fourth-order valence-corrected chi connectivity index (χ4v) is 3.10. The van der Waals surface area contributed by atoms with Crippen LogP contribution in [0.15, 0.2) is 54.6 Å². The van der Waals surface area contributed by atoms with Crippen LogP contribution in [0.4, 0.5) is 14.9 Å². The number of para-hydroxylation sites is 1. The highest BCUT2D eigenvalue weighted by atomic mass is 19.1. The average molecular weight is 371 g/mol. The van der Waals surface area contributed by atoms with E-state index < -0.39 is 11.8 Å². The number of urea groups is 1. The van der Waals surface area contributed by atoms with Gasteiger partial charge in [-0.1, -0.05) is 42.5 Å². The molecule has 0 unspecified atom stereocenters. The quantitative estimate of drug-likeness (QED) is 0.811. The van der Waals surface area contributed by atoms with Crippen molar-refractivity contribution in [1.29, 1.82) is 0 Å². The standard InChI is InChI=1S/C20H22FN3O3/c21-17-8-4-5-9-18(17)24-11-10-23(20(24)27)15-19(26)22(12-13-25)14-16-6-2-1-3-7-16/h1-9,25H,10-15H2. The first-order valence-corrected chi connectivity index (χ1v) is 8.83. The van der Waals surface area contributed by atoms with E-state index in [0.717, 1.165) is 5.56 Å². The van der Waals surface area contributed by atoms with Crippen molar-refractivity contribution in [2.24, 2.45) is 0 Å². The third-order valence-electron chi connectivity index (χ3n) is 4.50. The smallest absolute Gasteiger partial charge is 0.325 e. The van der Waals surface area contributed by atoms with Crippen LogP contribution >= 0.6 is 0 Å². The molecule has 0 spiro atoms. The Morgan fingerprint density at radius 1 is 1.07 bits per heavy atom. The second-order valence-corrected chi connectivity index (χ2v) is 6.33. The van der Waals surface area contributed by atoms with Crippen molar-refractivity contribution in [1.82, 2.24) is 9.80 Å². The number of hydrogen-bond donors (Lipinski definition) is 1. The number of hydrogen-bond acceptors (Lipinski definition) is 3. The number of amides is 3. The topological polar surface area (TPSA) is 64.1 Å². The Morgan fingerprint density at radius 2 is 1.78 bits per heavy atom. The summed E-state index contributed by atoms with van der Waals surface area (Å²) in [5, 5.41) is 9.27. The first-order valence-electron chi connectivity index (χ1n) is 8.83. The van der Waals surface area contributed by atoms with Gasteiger partial charge in [0.1, 0.15) is 12.4 Å². The lowest BCUT2D eigenvalue weighted by molar-refractivity contribution is -0.132. The fraction of sp³-hybridized carbons (Fsp3) is 0.300. The van der Waals surface area contributed by atoms with E-state index in [2.05, 4.69) is 0 Å². The van der Waals surface area contributed by atoms with Crippen molar-refractivity contribution in [3.05, 3.63) is 66.0 Å². The van der Waals surface area contributed by atoms with Crippen LogP contribution in [0.2, 0.25) is 0 Å². The molecule has 2 aromatic carbocycles. The third kappa shape index (κ3) is 4.43. The highest BCUT2D eigenvalue weighted by Gasteiger charge is 2.33. The Kier molecular flexibility index (Phi) is 6.03. The molecule has 27 heavy (non-hydrogen) atoms. The number of halogens is 1. The number of nitrogens with zero attached hydrogens (tertiary/aromatic N) is 3. The largest absolute Gasteiger partial charge is 0.395 e. The first-order chi connectivity index (χ1) is 13.1. The Labute approximate surface area is 157 Å². The van der Waals surface area contributed by atoms with Gasteiger partial charge in [-0.3, -0.25) is 9.69 Å². The lowest BCUT2D eigenvalue weighted by atomic mass is 10.2. The molecule has 1 N–H and O–H groups in total. The molecule has 0 atom stereocenters. The average Bonchev–Trinajstić information content (AvgIpc) is 3.03. The van der Waals surface area contributed by atoms with Crippen LogP contribution in [0.25, 0.3) is 0 Å². The third-order valence-corrected chi connectivity index (χ3v) is 4.50. The van der Waals surface area contributed by atoms with Crippen molar-refractivity contribution in [3.8, 4) is 0 Å². The Morgan fingerprint density at radius 3 is 2.48 bits per heavy atom. The molecule has 0 bridgehead atoms. The van der Waals surface area contributed by atoms with E-state index in [4.69, 9.17) is 0 Å². The zero-order valence-corrected chi connectivity index (χ0v) is 14.9. The van der Waals surface area contributed by atoms with E-state index in [-0.39, 0.29) is 31.3 Å². The molecule has 7 heteroatoms. The van der Waals surface area contributed by atoms with E-state index in [1.807, 2.05) is 30.3 Å². The van der Waals surface area contributed by atoms with E-state index in [9.17, 15) is 19.1 Å². The van der Waals surface area contributed by atoms with E-state index in [1.165, 1.54) is 20.8 Å². The van der Waals surface area contributed by atoms with Crippen LogP contribution in [0, 0.1) is 5.82 Å². The number of carbonyl (C=O) groups is 2. The number of rotatable bonds is 7. The van der Waals surface area contributed by atoms with Crippen molar-refractivity contribution < 1.29 is 19.1 Å². The van der Waals surface area contributed by atoms with Gasteiger partial charge in [-0.15, -0.1) is 0 Å². The van der Waals surface area contributed by atoms with Crippen molar-refractivity contribution in [3.63, 3.8) is 0 Å². The highest BCUT2D eigenvalue weighted by molar-refractivity contribution is 5.96. The van der Waals surface area contributed by atoms with E-state index in [0.29, 0.717) is 19.6 Å². The number of aliphatic hydroxyl groups excluding tert-OH is 1. The maximum absolute atomic E-state index is 14.0. The molecule has 6 nitrogen and oxygen atoms in total. The van der Waals surface area contributed by atoms with E-state index in [1.54, 1.807) is 18.2 Å². The molecule has 0 saturated carbocycles. The van der Waals surface area contributed by atoms with Gasteiger partial charge in [0.25, 0.3) is 0 Å². The SMILES string of the molecule is O=C(CN1CCN(c2ccccc2F)C1=O)N(CCO)Cc1ccccc1. The van der Waals surface area contributed by atoms with Crippen molar-refractivity contribution >= 4 is 17.6 Å². The number of aliphatic hydroxyl groups is 1. The minimum atomic E-state index is -0.468. The predicted octanol–water partition coefficient (Wildman–Crippen LogP) is 2.09. The Bertz CT molecular complexity index is 800. The molecule has 0 radical (unpaired) electrons. The molecule has 3 rings (SSSR count). The molecule has 1 aliphatic rings. The summed E-state index contributed by atoms with van der Waals surface area (Å²) in [7, 11) is 0. The normalized spacial score (nSPS) is 13.9. The number of carbonyl (C=O) groups excluding carboxylic acids is 2. The van der Waals surface area contributed by atoms with Crippen LogP contribution in [0.1, 0.15) is 5.56 Å². The summed E-state index contributed by atoms with van der Waals surface area (Å²) in [6, 6.07) is 15.2. The van der Waals surface area contributed by atoms with Crippen molar-refractivity contribution in [2.75, 3.05) is 37.7 Å². The second-order valence-electron chi connectivity index (χ2n) is 6.33. The Balaban J connectivity index is 1.65. The van der Waals surface area contributed by atoms with Gasteiger partial charge in [-0.2, -0.15) is 0 Å². The lowest BCUT2D eigenvalue weighted by Gasteiger charge is -2.25. The number of anilines is 1. The van der Waals surface area contributed by atoms with Crippen LogP contribution in [-0.2, 0) is 11.3 Å². The van der Waals surface area contributed by atoms with Gasteiger partial charge in [0, 0.05) is 26.2 Å². The van der Waals surface area contributed by atoms with Gasteiger partial charge in [0.05, 0.1) is 12.3 Å². The summed E-state index contributed by atoms with van der Waals surface area (Å²) in [5.41, 5.74) is 1.16. The summed E-state index contributed by atoms with van der Waals surface area (Å²) < 4.78 is 14.0. The van der Waals surface area contributed by atoms with Gasteiger partial charge < -0.3 is 14.9 Å².